The Morgan fingerprint density at radius 2 is 2.03 bits per heavy atom. The highest BCUT2D eigenvalue weighted by Crippen LogP contribution is 2.40. The lowest BCUT2D eigenvalue weighted by atomic mass is 10.1. The maximum Gasteiger partial charge on any atom is 0.330 e. The van der Waals surface area contributed by atoms with E-state index in [1.807, 2.05) is 0 Å². The van der Waals surface area contributed by atoms with Crippen LogP contribution < -0.4 is 16.1 Å². The maximum atomic E-state index is 12.0. The molecule has 0 radical (unpaired) electrons. The van der Waals surface area contributed by atoms with Gasteiger partial charge in [-0.15, -0.1) is 0 Å². The molecule has 0 amide bonds. The quantitative estimate of drug-likeness (QED) is 0.222. The van der Waals surface area contributed by atoms with Crippen LogP contribution in [-0.2, 0) is 23.1 Å². The Morgan fingerprint density at radius 3 is 2.69 bits per heavy atom. The van der Waals surface area contributed by atoms with E-state index in [0.717, 1.165) is 35.6 Å². The summed E-state index contributed by atoms with van der Waals surface area (Å²) in [6.07, 6.45) is 0.0378. The minimum absolute atomic E-state index is 0.00246. The number of nitrogens with zero attached hydrogens (tertiary/aromatic N) is 1. The summed E-state index contributed by atoms with van der Waals surface area (Å²) < 4.78 is 33.3. The summed E-state index contributed by atoms with van der Waals surface area (Å²) in [5, 5.41) is 10.4. The van der Waals surface area contributed by atoms with Gasteiger partial charge in [-0.1, -0.05) is 12.8 Å². The van der Waals surface area contributed by atoms with Crippen molar-refractivity contribution in [2.24, 2.45) is 0 Å². The molecule has 166 valence electrons. The standard InChI is InChI=1S/C16H27N2O9PS/c1-24-14-13(20)11(27-15(14)18-7-6-12(19)17-16(18)21)10-26-28(22,23)25-8-4-2-3-5-9-29/h6-7,11,13-15,20,29H,2-5,8-10H2,1H3,(H,22,23)(H,17,19,21)/p-1/t11-,13?,14+,15-/m1/s1. The zero-order chi connectivity index (χ0) is 21.4. The van der Waals surface area contributed by atoms with Crippen molar-refractivity contribution in [1.29, 1.82) is 0 Å². The predicted octanol–water partition coefficient (Wildman–Crippen LogP) is -0.198. The van der Waals surface area contributed by atoms with Crippen LogP contribution in [0.1, 0.15) is 31.9 Å². The number of hydrogen-bond acceptors (Lipinski definition) is 10. The summed E-state index contributed by atoms with van der Waals surface area (Å²) in [6, 6.07) is 1.11. The number of hydrogen-bond donors (Lipinski definition) is 3. The monoisotopic (exact) mass is 453 g/mol. The van der Waals surface area contributed by atoms with Crippen molar-refractivity contribution in [3.05, 3.63) is 33.1 Å². The molecule has 0 bridgehead atoms. The van der Waals surface area contributed by atoms with E-state index >= 15 is 0 Å². The molecule has 0 spiro atoms. The molecular formula is C16H26N2O9PS-. The third kappa shape index (κ3) is 7.04. The van der Waals surface area contributed by atoms with E-state index in [2.05, 4.69) is 17.6 Å². The van der Waals surface area contributed by atoms with E-state index in [4.69, 9.17) is 18.5 Å². The Balaban J connectivity index is 1.91. The van der Waals surface area contributed by atoms with E-state index in [9.17, 15) is 24.2 Å². The van der Waals surface area contributed by atoms with Gasteiger partial charge in [0.25, 0.3) is 13.4 Å². The number of unbranched alkanes of at least 4 members (excludes halogenated alkanes) is 3. The van der Waals surface area contributed by atoms with E-state index in [-0.39, 0.29) is 6.61 Å². The van der Waals surface area contributed by atoms with E-state index < -0.39 is 50.2 Å². The molecule has 0 aromatic carbocycles. The van der Waals surface area contributed by atoms with Crippen LogP contribution in [0.3, 0.4) is 0 Å². The summed E-state index contributed by atoms with van der Waals surface area (Å²) >= 11 is 4.10. The molecule has 1 fully saturated rings. The third-order valence-corrected chi connectivity index (χ3v) is 5.69. The molecule has 5 atom stereocenters. The minimum Gasteiger partial charge on any atom is -0.756 e. The summed E-state index contributed by atoms with van der Waals surface area (Å²) in [6.45, 7) is -0.520. The summed E-state index contributed by atoms with van der Waals surface area (Å²) in [4.78, 5) is 37.1. The van der Waals surface area contributed by atoms with Crippen LogP contribution >= 0.6 is 20.5 Å². The number of aliphatic hydroxyl groups is 1. The molecule has 13 heteroatoms. The normalized spacial score (nSPS) is 26.5. The van der Waals surface area contributed by atoms with Crippen LogP contribution in [0.15, 0.2) is 21.9 Å². The number of aromatic amines is 1. The minimum atomic E-state index is -4.58. The Kier molecular flexibility index (Phi) is 9.57. The van der Waals surface area contributed by atoms with Crippen molar-refractivity contribution >= 4 is 20.5 Å². The van der Waals surface area contributed by atoms with E-state index in [0.29, 0.717) is 6.42 Å². The van der Waals surface area contributed by atoms with Crippen LogP contribution in [-0.4, -0.2) is 59.0 Å². The fourth-order valence-electron chi connectivity index (χ4n) is 2.91. The van der Waals surface area contributed by atoms with Crippen LogP contribution in [0.4, 0.5) is 0 Å². The predicted molar refractivity (Wildman–Crippen MR) is 104 cm³/mol. The summed E-state index contributed by atoms with van der Waals surface area (Å²) in [5.41, 5.74) is -1.34. The number of methoxy groups -OCH3 is 1. The van der Waals surface area contributed by atoms with Crippen molar-refractivity contribution in [1.82, 2.24) is 9.55 Å². The smallest absolute Gasteiger partial charge is 0.330 e. The van der Waals surface area contributed by atoms with Crippen molar-refractivity contribution < 1.29 is 33.1 Å². The van der Waals surface area contributed by atoms with E-state index in [1.165, 1.54) is 13.3 Å². The molecule has 29 heavy (non-hydrogen) atoms. The molecule has 1 aliphatic rings. The van der Waals surface area contributed by atoms with Gasteiger partial charge in [-0.25, -0.2) is 4.79 Å². The Morgan fingerprint density at radius 1 is 1.31 bits per heavy atom. The number of phosphoric ester groups is 1. The number of aromatic nitrogens is 2. The molecule has 0 saturated carbocycles. The average Bonchev–Trinajstić information content (AvgIpc) is 2.98. The first-order valence-electron chi connectivity index (χ1n) is 9.18. The SMILES string of the molecule is CO[C@H]1C(O)[C@@H](COP(=O)([O-])OCCCCCCS)O[C@H]1n1ccc(=O)[nH]c1=O. The number of ether oxygens (including phenoxy) is 2. The summed E-state index contributed by atoms with van der Waals surface area (Å²) in [7, 11) is -3.27. The number of thiol groups is 1. The van der Waals surface area contributed by atoms with Gasteiger partial charge in [-0.05, 0) is 18.6 Å². The highest BCUT2D eigenvalue weighted by Gasteiger charge is 2.45. The molecule has 1 aromatic heterocycles. The van der Waals surface area contributed by atoms with Gasteiger partial charge >= 0.3 is 5.69 Å². The van der Waals surface area contributed by atoms with Crippen LogP contribution in [0.5, 0.6) is 0 Å². The zero-order valence-corrected chi connectivity index (χ0v) is 17.8. The molecule has 2 heterocycles. The van der Waals surface area contributed by atoms with Gasteiger partial charge in [0.15, 0.2) is 6.23 Å². The first-order valence-corrected chi connectivity index (χ1v) is 11.3. The van der Waals surface area contributed by atoms with Crippen LogP contribution in [0.25, 0.3) is 0 Å². The Bertz CT molecular complexity index is 801. The Labute approximate surface area is 173 Å². The molecule has 2 N–H and O–H groups in total. The zero-order valence-electron chi connectivity index (χ0n) is 16.0. The fraction of sp³-hybridized carbons (Fsp3) is 0.750. The average molecular weight is 453 g/mol. The number of nitrogens with one attached hydrogen (secondary N) is 1. The lowest BCUT2D eigenvalue weighted by Crippen LogP contribution is -2.38. The largest absolute Gasteiger partial charge is 0.756 e. The first-order chi connectivity index (χ1) is 13.8. The van der Waals surface area contributed by atoms with Gasteiger partial charge in [-0.3, -0.25) is 18.9 Å². The maximum absolute atomic E-state index is 12.0. The van der Waals surface area contributed by atoms with E-state index in [1.54, 1.807) is 0 Å². The second-order valence-electron chi connectivity index (χ2n) is 6.49. The molecule has 2 rings (SSSR count). The molecule has 2 unspecified atom stereocenters. The molecule has 1 aliphatic heterocycles. The highest BCUT2D eigenvalue weighted by molar-refractivity contribution is 7.80. The molecule has 0 aliphatic carbocycles. The number of aliphatic hydroxyl groups excluding tert-OH is 1. The van der Waals surface area contributed by atoms with Crippen molar-refractivity contribution in [2.45, 2.75) is 50.2 Å². The topological polar surface area (TPSA) is 152 Å². The third-order valence-electron chi connectivity index (χ3n) is 4.41. The van der Waals surface area contributed by atoms with Crippen LogP contribution in [0, 0.1) is 0 Å². The van der Waals surface area contributed by atoms with Gasteiger partial charge < -0.3 is 28.5 Å². The second-order valence-corrected chi connectivity index (χ2v) is 8.35. The summed E-state index contributed by atoms with van der Waals surface area (Å²) in [5.74, 6) is 0.780. The molecule has 11 nitrogen and oxygen atoms in total. The highest BCUT2D eigenvalue weighted by atomic mass is 32.1. The second kappa shape index (κ2) is 11.4. The van der Waals surface area contributed by atoms with Gasteiger partial charge in [0.1, 0.15) is 18.3 Å². The number of rotatable bonds is 12. The van der Waals surface area contributed by atoms with Crippen molar-refractivity contribution in [2.75, 3.05) is 26.1 Å². The molecule has 1 aromatic rings. The lowest BCUT2D eigenvalue weighted by Gasteiger charge is -2.25. The van der Waals surface area contributed by atoms with Gasteiger partial charge in [0.2, 0.25) is 0 Å². The molecular weight excluding hydrogens is 427 g/mol. The lowest BCUT2D eigenvalue weighted by molar-refractivity contribution is -0.228. The first kappa shape index (κ1) is 24.3. The van der Waals surface area contributed by atoms with Gasteiger partial charge in [0, 0.05) is 19.4 Å². The van der Waals surface area contributed by atoms with Crippen molar-refractivity contribution in [3.63, 3.8) is 0 Å². The van der Waals surface area contributed by atoms with Gasteiger partial charge in [-0.2, -0.15) is 12.6 Å². The number of phosphoric acid groups is 1. The Hall–Kier alpha value is -0.980. The number of H-pyrrole nitrogens is 1. The fourth-order valence-corrected chi connectivity index (χ4v) is 3.89. The van der Waals surface area contributed by atoms with Crippen molar-refractivity contribution in [3.8, 4) is 0 Å². The van der Waals surface area contributed by atoms with Crippen LogP contribution in [0.2, 0.25) is 0 Å². The molecule has 1 saturated heterocycles. The van der Waals surface area contributed by atoms with Gasteiger partial charge in [0.05, 0.1) is 13.2 Å².